The highest BCUT2D eigenvalue weighted by molar-refractivity contribution is 5.78. The molecule has 128 valence electrons. The predicted molar refractivity (Wildman–Crippen MR) is 83.0 cm³/mol. The van der Waals surface area contributed by atoms with Gasteiger partial charge >= 0.3 is 6.18 Å². The molecule has 1 N–H and O–H groups in total. The summed E-state index contributed by atoms with van der Waals surface area (Å²) >= 11 is 0. The quantitative estimate of drug-likeness (QED) is 0.901. The fraction of sp³-hybridized carbons (Fsp3) is 0.588. The Morgan fingerprint density at radius 3 is 2.61 bits per heavy atom. The van der Waals surface area contributed by atoms with Gasteiger partial charge in [-0.2, -0.15) is 13.2 Å². The van der Waals surface area contributed by atoms with Gasteiger partial charge in [-0.15, -0.1) is 0 Å². The topological polar surface area (TPSA) is 32.3 Å². The maximum Gasteiger partial charge on any atom is 0.416 e. The minimum Gasteiger partial charge on any atom is -0.355 e. The molecule has 0 radical (unpaired) electrons. The van der Waals surface area contributed by atoms with E-state index in [-0.39, 0.29) is 12.3 Å². The lowest BCUT2D eigenvalue weighted by molar-refractivity contribution is -0.137. The zero-order chi connectivity index (χ0) is 16.9. The second-order valence-corrected chi connectivity index (χ2v) is 6.08. The molecule has 1 amide bonds. The molecule has 1 saturated heterocycles. The van der Waals surface area contributed by atoms with Crippen LogP contribution in [0.2, 0.25) is 0 Å². The number of nitrogens with zero attached hydrogens (tertiary/aromatic N) is 1. The second kappa shape index (κ2) is 7.81. The molecule has 1 heterocycles. The number of hydrogen-bond donors (Lipinski definition) is 1. The normalized spacial score (nSPS) is 19.6. The molecule has 0 saturated carbocycles. The number of rotatable bonds is 5. The van der Waals surface area contributed by atoms with Gasteiger partial charge in [0.05, 0.1) is 12.0 Å². The van der Waals surface area contributed by atoms with Crippen molar-refractivity contribution in [3.05, 3.63) is 35.4 Å². The number of nitrogens with one attached hydrogen (secondary N) is 1. The van der Waals surface area contributed by atoms with Gasteiger partial charge in [0.2, 0.25) is 5.91 Å². The highest BCUT2D eigenvalue weighted by Crippen LogP contribution is 2.29. The van der Waals surface area contributed by atoms with Crippen molar-refractivity contribution >= 4 is 5.91 Å². The SMILES string of the molecule is CCN1CCC[C@H](CNC(=O)Cc2ccc(C(F)(F)F)cc2)C1. The Kier molecular flexibility index (Phi) is 6.04. The van der Waals surface area contributed by atoms with E-state index >= 15 is 0 Å². The lowest BCUT2D eigenvalue weighted by Gasteiger charge is -2.31. The van der Waals surface area contributed by atoms with Crippen LogP contribution in [0.25, 0.3) is 0 Å². The van der Waals surface area contributed by atoms with Crippen molar-refractivity contribution < 1.29 is 18.0 Å². The molecule has 1 atom stereocenters. The molecule has 6 heteroatoms. The summed E-state index contributed by atoms with van der Waals surface area (Å²) in [4.78, 5) is 14.3. The van der Waals surface area contributed by atoms with E-state index < -0.39 is 11.7 Å². The number of piperidine rings is 1. The average molecular weight is 328 g/mol. The summed E-state index contributed by atoms with van der Waals surface area (Å²) in [6.45, 7) is 5.90. The van der Waals surface area contributed by atoms with E-state index in [4.69, 9.17) is 0 Å². The fourth-order valence-electron chi connectivity index (χ4n) is 2.92. The molecule has 0 spiro atoms. The summed E-state index contributed by atoms with van der Waals surface area (Å²) in [7, 11) is 0. The van der Waals surface area contributed by atoms with E-state index in [1.54, 1.807) is 0 Å². The molecule has 2 rings (SSSR count). The molecule has 23 heavy (non-hydrogen) atoms. The van der Waals surface area contributed by atoms with Gasteiger partial charge in [0.15, 0.2) is 0 Å². The van der Waals surface area contributed by atoms with Gasteiger partial charge in [0.25, 0.3) is 0 Å². The van der Waals surface area contributed by atoms with Crippen LogP contribution in [0.3, 0.4) is 0 Å². The highest BCUT2D eigenvalue weighted by Gasteiger charge is 2.30. The van der Waals surface area contributed by atoms with Gasteiger partial charge < -0.3 is 10.2 Å². The van der Waals surface area contributed by atoms with E-state index in [1.807, 2.05) is 0 Å². The number of amides is 1. The number of carbonyl (C=O) groups excluding carboxylic acids is 1. The Bertz CT molecular complexity index is 514. The van der Waals surface area contributed by atoms with E-state index in [9.17, 15) is 18.0 Å². The van der Waals surface area contributed by atoms with Crippen molar-refractivity contribution in [2.45, 2.75) is 32.4 Å². The van der Waals surface area contributed by atoms with Crippen molar-refractivity contribution in [3.63, 3.8) is 0 Å². The fourth-order valence-corrected chi connectivity index (χ4v) is 2.92. The minimum atomic E-state index is -4.34. The first-order valence-corrected chi connectivity index (χ1v) is 8.03. The smallest absolute Gasteiger partial charge is 0.355 e. The Morgan fingerprint density at radius 1 is 1.30 bits per heavy atom. The van der Waals surface area contributed by atoms with Crippen LogP contribution in [0.5, 0.6) is 0 Å². The van der Waals surface area contributed by atoms with Crippen LogP contribution in [0.1, 0.15) is 30.9 Å². The zero-order valence-electron chi connectivity index (χ0n) is 13.3. The van der Waals surface area contributed by atoms with Gasteiger partial charge in [0, 0.05) is 13.1 Å². The standard InChI is InChI=1S/C17H23F3N2O/c1-2-22-9-3-4-14(12-22)11-21-16(23)10-13-5-7-15(8-6-13)17(18,19)20/h5-8,14H,2-4,9-12H2,1H3,(H,21,23)/t14-/m1/s1. The van der Waals surface area contributed by atoms with Crippen molar-refractivity contribution in [2.24, 2.45) is 5.92 Å². The van der Waals surface area contributed by atoms with Crippen molar-refractivity contribution in [3.8, 4) is 0 Å². The summed E-state index contributed by atoms with van der Waals surface area (Å²) in [5.41, 5.74) is -0.0992. The zero-order valence-corrected chi connectivity index (χ0v) is 13.3. The number of likely N-dealkylation sites (tertiary alicyclic amines) is 1. The molecular weight excluding hydrogens is 305 g/mol. The van der Waals surface area contributed by atoms with Gasteiger partial charge in [-0.05, 0) is 49.5 Å². The van der Waals surface area contributed by atoms with Crippen molar-refractivity contribution in [1.82, 2.24) is 10.2 Å². The first-order valence-electron chi connectivity index (χ1n) is 8.03. The Balaban J connectivity index is 1.78. The molecule has 0 unspecified atom stereocenters. The van der Waals surface area contributed by atoms with Crippen LogP contribution in [0.4, 0.5) is 13.2 Å². The van der Waals surface area contributed by atoms with Crippen LogP contribution in [0.15, 0.2) is 24.3 Å². The predicted octanol–water partition coefficient (Wildman–Crippen LogP) is 3.10. The third-order valence-corrected chi connectivity index (χ3v) is 4.28. The molecular formula is C17H23F3N2O. The summed E-state index contributed by atoms with van der Waals surface area (Å²) in [5, 5.41) is 2.90. The molecule has 3 nitrogen and oxygen atoms in total. The van der Waals surface area contributed by atoms with Gasteiger partial charge in [0.1, 0.15) is 0 Å². The maximum absolute atomic E-state index is 12.5. The number of benzene rings is 1. The van der Waals surface area contributed by atoms with Crippen molar-refractivity contribution in [1.29, 1.82) is 0 Å². The van der Waals surface area contributed by atoms with Crippen LogP contribution in [-0.2, 0) is 17.4 Å². The number of hydrogen-bond acceptors (Lipinski definition) is 2. The highest BCUT2D eigenvalue weighted by atomic mass is 19.4. The molecule has 1 aromatic rings. The molecule has 0 aliphatic carbocycles. The Labute approximate surface area is 134 Å². The van der Waals surface area contributed by atoms with Crippen LogP contribution >= 0.6 is 0 Å². The second-order valence-electron chi connectivity index (χ2n) is 6.08. The van der Waals surface area contributed by atoms with Crippen LogP contribution in [0, 0.1) is 5.92 Å². The third kappa shape index (κ3) is 5.53. The molecule has 1 fully saturated rings. The van der Waals surface area contributed by atoms with E-state index in [0.717, 1.165) is 44.6 Å². The third-order valence-electron chi connectivity index (χ3n) is 4.28. The largest absolute Gasteiger partial charge is 0.416 e. The van der Waals surface area contributed by atoms with E-state index in [2.05, 4.69) is 17.1 Å². The van der Waals surface area contributed by atoms with Crippen molar-refractivity contribution in [2.75, 3.05) is 26.2 Å². The number of carbonyl (C=O) groups is 1. The van der Waals surface area contributed by atoms with Crippen LogP contribution in [-0.4, -0.2) is 37.0 Å². The molecule has 0 aromatic heterocycles. The van der Waals surface area contributed by atoms with Gasteiger partial charge in [-0.25, -0.2) is 0 Å². The number of halogens is 3. The Morgan fingerprint density at radius 2 is 2.00 bits per heavy atom. The van der Waals surface area contributed by atoms with Crippen LogP contribution < -0.4 is 5.32 Å². The monoisotopic (exact) mass is 328 g/mol. The average Bonchev–Trinajstić information content (AvgIpc) is 2.53. The summed E-state index contributed by atoms with van der Waals surface area (Å²) in [5.74, 6) is 0.318. The number of alkyl halides is 3. The van der Waals surface area contributed by atoms with Gasteiger partial charge in [-0.3, -0.25) is 4.79 Å². The summed E-state index contributed by atoms with van der Waals surface area (Å²) in [6.07, 6.45) is -1.97. The van der Waals surface area contributed by atoms with E-state index in [0.29, 0.717) is 18.0 Å². The summed E-state index contributed by atoms with van der Waals surface area (Å²) in [6, 6.07) is 4.76. The van der Waals surface area contributed by atoms with Gasteiger partial charge in [-0.1, -0.05) is 19.1 Å². The lowest BCUT2D eigenvalue weighted by atomic mass is 9.98. The lowest BCUT2D eigenvalue weighted by Crippen LogP contribution is -2.41. The molecule has 1 aliphatic heterocycles. The maximum atomic E-state index is 12.5. The Hall–Kier alpha value is -1.56. The summed E-state index contributed by atoms with van der Waals surface area (Å²) < 4.78 is 37.5. The first kappa shape index (κ1) is 17.8. The van der Waals surface area contributed by atoms with E-state index in [1.165, 1.54) is 12.1 Å². The minimum absolute atomic E-state index is 0.113. The molecule has 1 aromatic carbocycles. The first-order chi connectivity index (χ1) is 10.9. The molecule has 0 bridgehead atoms. The molecule has 1 aliphatic rings.